The summed E-state index contributed by atoms with van der Waals surface area (Å²) in [4.78, 5) is 14.4. The third kappa shape index (κ3) is 2.48. The Bertz CT molecular complexity index is 457. The quantitative estimate of drug-likeness (QED) is 0.836. The second-order valence-corrected chi connectivity index (χ2v) is 6.72. The van der Waals surface area contributed by atoms with Gasteiger partial charge in [0, 0.05) is 22.4 Å². The number of likely N-dealkylation sites (N-methyl/N-ethyl adjacent to an activating group) is 1. The predicted molar refractivity (Wildman–Crippen MR) is 70.6 cm³/mol. The van der Waals surface area contributed by atoms with Crippen LogP contribution in [0.3, 0.4) is 0 Å². The Balaban J connectivity index is 2.25. The Morgan fingerprint density at radius 2 is 2.18 bits per heavy atom. The predicted octanol–water partition coefficient (Wildman–Crippen LogP) is 2.07. The number of carbonyl (C=O) groups excluding carboxylic acids is 1. The summed E-state index contributed by atoms with van der Waals surface area (Å²) in [6.45, 7) is 4.14. The minimum absolute atomic E-state index is 0.133. The zero-order valence-corrected chi connectivity index (χ0v) is 11.2. The highest BCUT2D eigenvalue weighted by atomic mass is 32.2. The van der Waals surface area contributed by atoms with Crippen molar-refractivity contribution < 1.29 is 9.90 Å². The molecule has 92 valence electrons. The van der Waals surface area contributed by atoms with Crippen molar-refractivity contribution in [3.63, 3.8) is 0 Å². The second-order valence-electron chi connectivity index (χ2n) is 4.94. The zero-order valence-electron chi connectivity index (χ0n) is 10.4. The number of amides is 1. The summed E-state index contributed by atoms with van der Waals surface area (Å²) in [6, 6.07) is 6.05. The maximum Gasteiger partial charge on any atom is 0.231 e. The second kappa shape index (κ2) is 4.35. The molecule has 0 radical (unpaired) electrons. The lowest BCUT2D eigenvalue weighted by Gasteiger charge is -2.21. The molecule has 2 rings (SSSR count). The van der Waals surface area contributed by atoms with Crippen LogP contribution in [0.4, 0.5) is 5.69 Å². The third-order valence-electron chi connectivity index (χ3n) is 2.90. The van der Waals surface area contributed by atoms with Gasteiger partial charge >= 0.3 is 0 Å². The number of hydrogen-bond acceptors (Lipinski definition) is 3. The maximum absolute atomic E-state index is 11.6. The Kier molecular flexibility index (Phi) is 3.19. The molecule has 1 heterocycles. The Morgan fingerprint density at radius 3 is 2.82 bits per heavy atom. The summed E-state index contributed by atoms with van der Waals surface area (Å²) in [7, 11) is 1.80. The summed E-state index contributed by atoms with van der Waals surface area (Å²) in [5.41, 5.74) is 2.08. The molecule has 0 atom stereocenters. The van der Waals surface area contributed by atoms with Crippen molar-refractivity contribution in [1.82, 2.24) is 0 Å². The van der Waals surface area contributed by atoms with Gasteiger partial charge in [-0.2, -0.15) is 0 Å². The number of nitrogens with zero attached hydrogens (tertiary/aromatic N) is 1. The van der Waals surface area contributed by atoms with Crippen LogP contribution in [0.2, 0.25) is 0 Å². The average Bonchev–Trinajstić information content (AvgIpc) is 2.54. The molecule has 0 saturated carbocycles. The van der Waals surface area contributed by atoms with E-state index in [0.717, 1.165) is 16.1 Å². The average molecular weight is 251 g/mol. The van der Waals surface area contributed by atoms with Gasteiger partial charge in [-0.05, 0) is 37.6 Å². The molecule has 0 bridgehead atoms. The first-order chi connectivity index (χ1) is 7.93. The Labute approximate surface area is 106 Å². The lowest BCUT2D eigenvalue weighted by atomic mass is 10.2. The van der Waals surface area contributed by atoms with E-state index < -0.39 is 0 Å². The van der Waals surface area contributed by atoms with Crippen LogP contribution < -0.4 is 4.90 Å². The Hall–Kier alpha value is -1.00. The molecule has 1 amide bonds. The molecule has 0 fully saturated rings. The van der Waals surface area contributed by atoms with E-state index in [1.54, 1.807) is 23.7 Å². The van der Waals surface area contributed by atoms with Gasteiger partial charge in [-0.1, -0.05) is 0 Å². The largest absolute Gasteiger partial charge is 0.395 e. The van der Waals surface area contributed by atoms with Crippen molar-refractivity contribution >= 4 is 23.4 Å². The van der Waals surface area contributed by atoms with Crippen molar-refractivity contribution in [2.75, 3.05) is 18.6 Å². The summed E-state index contributed by atoms with van der Waals surface area (Å²) < 4.78 is -0.192. The summed E-state index contributed by atoms with van der Waals surface area (Å²) >= 11 is 1.63. The van der Waals surface area contributed by atoms with Gasteiger partial charge in [-0.3, -0.25) is 4.79 Å². The molecular weight excluding hydrogens is 234 g/mol. The highest BCUT2D eigenvalue weighted by molar-refractivity contribution is 8.00. The van der Waals surface area contributed by atoms with E-state index in [1.807, 2.05) is 26.0 Å². The van der Waals surface area contributed by atoms with Crippen molar-refractivity contribution in [3.05, 3.63) is 23.8 Å². The first-order valence-electron chi connectivity index (χ1n) is 5.62. The highest BCUT2D eigenvalue weighted by Gasteiger charge is 2.25. The van der Waals surface area contributed by atoms with Gasteiger partial charge in [0.2, 0.25) is 5.91 Å². The van der Waals surface area contributed by atoms with Gasteiger partial charge in [0.25, 0.3) is 0 Å². The smallest absolute Gasteiger partial charge is 0.231 e. The topological polar surface area (TPSA) is 40.5 Å². The molecule has 4 heteroatoms. The minimum atomic E-state index is -0.192. The maximum atomic E-state index is 11.6. The van der Waals surface area contributed by atoms with Crippen LogP contribution in [0, 0.1) is 0 Å². The minimum Gasteiger partial charge on any atom is -0.395 e. The summed E-state index contributed by atoms with van der Waals surface area (Å²) in [5.74, 6) is 0.142. The van der Waals surface area contributed by atoms with Crippen LogP contribution in [-0.4, -0.2) is 29.4 Å². The van der Waals surface area contributed by atoms with Crippen molar-refractivity contribution in [2.24, 2.45) is 0 Å². The fourth-order valence-electron chi connectivity index (χ4n) is 1.86. The van der Waals surface area contributed by atoms with Gasteiger partial charge < -0.3 is 10.0 Å². The normalized spacial score (nSPS) is 15.3. The molecule has 1 aromatic rings. The standard InChI is InChI=1S/C13H17NO2S/c1-13(2,8-15)17-10-4-5-11-9(6-10)7-12(16)14(11)3/h4-6,15H,7-8H2,1-3H3. The van der Waals surface area contributed by atoms with E-state index in [2.05, 4.69) is 6.07 Å². The van der Waals surface area contributed by atoms with Gasteiger partial charge in [-0.25, -0.2) is 0 Å². The number of anilines is 1. The van der Waals surface area contributed by atoms with E-state index in [-0.39, 0.29) is 17.3 Å². The Morgan fingerprint density at radius 1 is 1.47 bits per heavy atom. The molecule has 0 saturated heterocycles. The fourth-order valence-corrected chi connectivity index (χ4v) is 2.90. The lowest BCUT2D eigenvalue weighted by Crippen LogP contribution is -2.20. The molecule has 1 aliphatic rings. The van der Waals surface area contributed by atoms with Gasteiger partial charge in [-0.15, -0.1) is 11.8 Å². The van der Waals surface area contributed by atoms with E-state index in [9.17, 15) is 9.90 Å². The highest BCUT2D eigenvalue weighted by Crippen LogP contribution is 2.36. The van der Waals surface area contributed by atoms with Gasteiger partial charge in [0.05, 0.1) is 13.0 Å². The molecule has 1 aromatic carbocycles. The number of carbonyl (C=O) groups is 1. The SMILES string of the molecule is CN1C(=O)Cc2cc(SC(C)(C)CO)ccc21. The van der Waals surface area contributed by atoms with Crippen molar-refractivity contribution in [3.8, 4) is 0 Å². The van der Waals surface area contributed by atoms with Crippen LogP contribution in [0.1, 0.15) is 19.4 Å². The molecule has 3 nitrogen and oxygen atoms in total. The molecule has 0 unspecified atom stereocenters. The molecular formula is C13H17NO2S. The zero-order chi connectivity index (χ0) is 12.6. The van der Waals surface area contributed by atoms with Crippen LogP contribution in [0.25, 0.3) is 0 Å². The first-order valence-corrected chi connectivity index (χ1v) is 6.44. The number of thioether (sulfide) groups is 1. The summed E-state index contributed by atoms with van der Waals surface area (Å²) in [5, 5.41) is 9.25. The summed E-state index contributed by atoms with van der Waals surface area (Å²) in [6.07, 6.45) is 0.486. The molecule has 0 aromatic heterocycles. The number of fused-ring (bicyclic) bond motifs is 1. The van der Waals surface area contributed by atoms with Crippen molar-refractivity contribution in [1.29, 1.82) is 0 Å². The first kappa shape index (κ1) is 12.5. The number of rotatable bonds is 3. The van der Waals surface area contributed by atoms with Crippen LogP contribution >= 0.6 is 11.8 Å². The lowest BCUT2D eigenvalue weighted by molar-refractivity contribution is -0.117. The van der Waals surface area contributed by atoms with E-state index in [0.29, 0.717) is 6.42 Å². The van der Waals surface area contributed by atoms with E-state index in [1.165, 1.54) is 0 Å². The molecule has 1 aliphatic heterocycles. The van der Waals surface area contributed by atoms with Gasteiger partial charge in [0.15, 0.2) is 0 Å². The number of hydrogen-bond donors (Lipinski definition) is 1. The van der Waals surface area contributed by atoms with Crippen LogP contribution in [-0.2, 0) is 11.2 Å². The number of aliphatic hydroxyl groups excluding tert-OH is 1. The fraction of sp³-hybridized carbons (Fsp3) is 0.462. The third-order valence-corrected chi connectivity index (χ3v) is 4.07. The number of aliphatic hydroxyl groups is 1. The molecule has 0 spiro atoms. The number of benzene rings is 1. The van der Waals surface area contributed by atoms with E-state index in [4.69, 9.17) is 0 Å². The molecule has 0 aliphatic carbocycles. The van der Waals surface area contributed by atoms with Crippen LogP contribution in [0.5, 0.6) is 0 Å². The molecule has 17 heavy (non-hydrogen) atoms. The van der Waals surface area contributed by atoms with Crippen LogP contribution in [0.15, 0.2) is 23.1 Å². The molecule has 1 N–H and O–H groups in total. The monoisotopic (exact) mass is 251 g/mol. The van der Waals surface area contributed by atoms with Gasteiger partial charge in [0.1, 0.15) is 0 Å². The van der Waals surface area contributed by atoms with Crippen molar-refractivity contribution in [2.45, 2.75) is 29.9 Å². The van der Waals surface area contributed by atoms with E-state index >= 15 is 0 Å².